The second-order valence-electron chi connectivity index (χ2n) is 7.48. The Balaban J connectivity index is 1.69. The number of amides is 1. The van der Waals surface area contributed by atoms with E-state index >= 15 is 0 Å². The Morgan fingerprint density at radius 1 is 1.33 bits per heavy atom. The Hall–Kier alpha value is -2.90. The number of aromatic amines is 1. The number of nitrogens with one attached hydrogen (secondary N) is 1. The number of rotatable bonds is 3. The summed E-state index contributed by atoms with van der Waals surface area (Å²) in [6.45, 7) is 2.61. The monoisotopic (exact) mass is 371 g/mol. The van der Waals surface area contributed by atoms with Crippen LogP contribution in [0.5, 0.6) is 0 Å². The SMILES string of the molecule is CCn1c(=O)[nH]c2cc(C(=O)N3C[C@@H]4CCC[C@@]4(C(=O)O)C3)ccc2c1=O. The highest BCUT2D eigenvalue weighted by Crippen LogP contribution is 2.49. The van der Waals surface area contributed by atoms with Crippen molar-refractivity contribution in [1.29, 1.82) is 0 Å². The third-order valence-electron chi connectivity index (χ3n) is 6.13. The van der Waals surface area contributed by atoms with Crippen LogP contribution in [-0.2, 0) is 11.3 Å². The maximum Gasteiger partial charge on any atom is 0.328 e. The summed E-state index contributed by atoms with van der Waals surface area (Å²) in [6, 6.07) is 4.60. The van der Waals surface area contributed by atoms with Gasteiger partial charge in [-0.05, 0) is 43.9 Å². The topological polar surface area (TPSA) is 112 Å². The predicted molar refractivity (Wildman–Crippen MR) is 97.8 cm³/mol. The molecule has 1 saturated heterocycles. The molecule has 27 heavy (non-hydrogen) atoms. The number of carbonyl (C=O) groups is 2. The Morgan fingerprint density at radius 3 is 2.78 bits per heavy atom. The standard InChI is InChI=1S/C19H21N3O5/c1-2-22-16(24)13-6-5-11(8-14(13)20-18(22)27)15(23)21-9-12-4-3-7-19(12,10-21)17(25)26/h5-6,8,12H,2-4,7,9-10H2,1H3,(H,20,27)(H,25,26)/t12-,19+/m0/s1. The van der Waals surface area contributed by atoms with Crippen LogP contribution in [-0.4, -0.2) is 44.5 Å². The molecule has 8 heteroatoms. The zero-order chi connectivity index (χ0) is 19.3. The summed E-state index contributed by atoms with van der Waals surface area (Å²) in [5.74, 6) is -1.12. The van der Waals surface area contributed by atoms with Crippen molar-refractivity contribution in [3.05, 3.63) is 44.6 Å². The first-order chi connectivity index (χ1) is 12.9. The molecule has 1 saturated carbocycles. The average molecular weight is 371 g/mol. The van der Waals surface area contributed by atoms with E-state index in [1.165, 1.54) is 12.1 Å². The summed E-state index contributed by atoms with van der Waals surface area (Å²) < 4.78 is 1.10. The van der Waals surface area contributed by atoms with Gasteiger partial charge in [0.25, 0.3) is 11.5 Å². The fraction of sp³-hybridized carbons (Fsp3) is 0.474. The van der Waals surface area contributed by atoms with Gasteiger partial charge in [0.15, 0.2) is 0 Å². The third-order valence-corrected chi connectivity index (χ3v) is 6.13. The Labute approximate surface area is 154 Å². The molecule has 1 aromatic carbocycles. The lowest BCUT2D eigenvalue weighted by atomic mass is 9.81. The molecular formula is C19H21N3O5. The zero-order valence-corrected chi connectivity index (χ0v) is 15.0. The Bertz CT molecular complexity index is 1070. The summed E-state index contributed by atoms with van der Waals surface area (Å²) in [6.07, 6.45) is 2.29. The maximum atomic E-state index is 12.9. The van der Waals surface area contributed by atoms with Gasteiger partial charge in [-0.1, -0.05) is 6.42 Å². The molecule has 0 bridgehead atoms. The van der Waals surface area contributed by atoms with Crippen LogP contribution in [0.2, 0.25) is 0 Å². The first-order valence-corrected chi connectivity index (χ1v) is 9.17. The van der Waals surface area contributed by atoms with E-state index in [4.69, 9.17) is 0 Å². The molecule has 2 aliphatic rings. The van der Waals surface area contributed by atoms with Gasteiger partial charge in [0.1, 0.15) is 0 Å². The fourth-order valence-corrected chi connectivity index (χ4v) is 4.65. The highest BCUT2D eigenvalue weighted by Gasteiger charge is 2.55. The van der Waals surface area contributed by atoms with Crippen molar-refractivity contribution in [2.75, 3.05) is 13.1 Å². The Kier molecular flexibility index (Phi) is 3.94. The largest absolute Gasteiger partial charge is 0.481 e. The normalized spacial score (nSPS) is 24.3. The van der Waals surface area contributed by atoms with Gasteiger partial charge in [0, 0.05) is 25.2 Å². The van der Waals surface area contributed by atoms with E-state index in [-0.39, 0.29) is 24.9 Å². The molecule has 2 atom stereocenters. The lowest BCUT2D eigenvalue weighted by molar-refractivity contribution is -0.149. The van der Waals surface area contributed by atoms with Gasteiger partial charge >= 0.3 is 11.7 Å². The molecule has 2 aromatic rings. The lowest BCUT2D eigenvalue weighted by Gasteiger charge is -2.23. The van der Waals surface area contributed by atoms with Gasteiger partial charge in [-0.2, -0.15) is 0 Å². The molecule has 1 aromatic heterocycles. The van der Waals surface area contributed by atoms with E-state index in [9.17, 15) is 24.3 Å². The molecule has 0 unspecified atom stereocenters. The van der Waals surface area contributed by atoms with Crippen molar-refractivity contribution in [1.82, 2.24) is 14.5 Å². The second-order valence-corrected chi connectivity index (χ2v) is 7.48. The molecular weight excluding hydrogens is 350 g/mol. The molecule has 1 amide bonds. The van der Waals surface area contributed by atoms with E-state index in [2.05, 4.69) is 4.98 Å². The number of carbonyl (C=O) groups excluding carboxylic acids is 1. The predicted octanol–water partition coefficient (Wildman–Crippen LogP) is 1.04. The van der Waals surface area contributed by atoms with Crippen LogP contribution >= 0.6 is 0 Å². The van der Waals surface area contributed by atoms with Crippen molar-refractivity contribution < 1.29 is 14.7 Å². The number of nitrogens with zero attached hydrogens (tertiary/aromatic N) is 2. The highest BCUT2D eigenvalue weighted by molar-refractivity contribution is 5.98. The van der Waals surface area contributed by atoms with Crippen LogP contribution in [0, 0.1) is 11.3 Å². The van der Waals surface area contributed by atoms with Crippen LogP contribution < -0.4 is 11.2 Å². The molecule has 0 radical (unpaired) electrons. The molecule has 8 nitrogen and oxygen atoms in total. The van der Waals surface area contributed by atoms with E-state index in [1.807, 2.05) is 0 Å². The summed E-state index contributed by atoms with van der Waals surface area (Å²) in [4.78, 5) is 53.3. The van der Waals surface area contributed by atoms with Crippen LogP contribution in [0.1, 0.15) is 36.5 Å². The summed E-state index contributed by atoms with van der Waals surface area (Å²) >= 11 is 0. The maximum absolute atomic E-state index is 12.9. The minimum atomic E-state index is -0.838. The molecule has 2 N–H and O–H groups in total. The first kappa shape index (κ1) is 17.5. The van der Waals surface area contributed by atoms with Gasteiger partial charge in [0.05, 0.1) is 16.3 Å². The van der Waals surface area contributed by atoms with Crippen LogP contribution in [0.25, 0.3) is 10.9 Å². The van der Waals surface area contributed by atoms with Crippen LogP contribution in [0.4, 0.5) is 0 Å². The number of carboxylic acid groups (broad SMARTS) is 1. The number of H-pyrrole nitrogens is 1. The quantitative estimate of drug-likeness (QED) is 0.837. The van der Waals surface area contributed by atoms with E-state index in [0.717, 1.165) is 17.4 Å². The molecule has 0 spiro atoms. The second kappa shape index (κ2) is 6.07. The number of hydrogen-bond acceptors (Lipinski definition) is 4. The number of carboxylic acids is 1. The van der Waals surface area contributed by atoms with Crippen LogP contribution in [0.15, 0.2) is 27.8 Å². The van der Waals surface area contributed by atoms with Crippen LogP contribution in [0.3, 0.4) is 0 Å². The van der Waals surface area contributed by atoms with Gasteiger partial charge in [-0.3, -0.25) is 19.0 Å². The van der Waals surface area contributed by atoms with E-state index < -0.39 is 22.6 Å². The highest BCUT2D eigenvalue weighted by atomic mass is 16.4. The number of aliphatic carboxylic acids is 1. The molecule has 142 valence electrons. The molecule has 1 aliphatic heterocycles. The average Bonchev–Trinajstić information content (AvgIpc) is 3.19. The summed E-state index contributed by atoms with van der Waals surface area (Å²) in [7, 11) is 0. The molecule has 2 heterocycles. The number of likely N-dealkylation sites (tertiary alicyclic amines) is 1. The minimum absolute atomic E-state index is 0.0176. The van der Waals surface area contributed by atoms with Gasteiger partial charge in [-0.15, -0.1) is 0 Å². The smallest absolute Gasteiger partial charge is 0.328 e. The number of fused-ring (bicyclic) bond motifs is 2. The van der Waals surface area contributed by atoms with Gasteiger partial charge < -0.3 is 15.0 Å². The van der Waals surface area contributed by atoms with E-state index in [1.54, 1.807) is 17.9 Å². The third kappa shape index (κ3) is 2.50. The minimum Gasteiger partial charge on any atom is -0.481 e. The Morgan fingerprint density at radius 2 is 2.11 bits per heavy atom. The number of hydrogen-bond donors (Lipinski definition) is 2. The zero-order valence-electron chi connectivity index (χ0n) is 15.0. The number of aromatic nitrogens is 2. The van der Waals surface area contributed by atoms with Gasteiger partial charge in [0.2, 0.25) is 0 Å². The van der Waals surface area contributed by atoms with Crippen molar-refractivity contribution in [3.63, 3.8) is 0 Å². The van der Waals surface area contributed by atoms with Crippen molar-refractivity contribution >= 4 is 22.8 Å². The van der Waals surface area contributed by atoms with Crippen molar-refractivity contribution in [2.24, 2.45) is 11.3 Å². The van der Waals surface area contributed by atoms with Gasteiger partial charge in [-0.25, -0.2) is 4.79 Å². The van der Waals surface area contributed by atoms with Crippen molar-refractivity contribution in [2.45, 2.75) is 32.7 Å². The molecule has 1 aliphatic carbocycles. The number of benzene rings is 1. The first-order valence-electron chi connectivity index (χ1n) is 9.17. The van der Waals surface area contributed by atoms with Crippen molar-refractivity contribution in [3.8, 4) is 0 Å². The summed E-state index contributed by atoms with van der Waals surface area (Å²) in [5.41, 5.74) is -1.09. The molecule has 2 fully saturated rings. The summed E-state index contributed by atoms with van der Waals surface area (Å²) in [5, 5.41) is 10.0. The molecule has 4 rings (SSSR count). The lowest BCUT2D eigenvalue weighted by Crippen LogP contribution is -2.37. The van der Waals surface area contributed by atoms with E-state index in [0.29, 0.717) is 29.4 Å². The fourth-order valence-electron chi connectivity index (χ4n) is 4.65.